The van der Waals surface area contributed by atoms with Gasteiger partial charge in [0.1, 0.15) is 12.7 Å². The van der Waals surface area contributed by atoms with E-state index in [9.17, 15) is 19.8 Å². The van der Waals surface area contributed by atoms with Crippen LogP contribution in [0.1, 0.15) is 5.56 Å². The Hall–Kier alpha value is -2.18. The van der Waals surface area contributed by atoms with E-state index in [1.807, 2.05) is 30.3 Å². The van der Waals surface area contributed by atoms with Gasteiger partial charge in [-0.1, -0.05) is 30.3 Å². The molecule has 1 aromatic rings. The zero-order valence-corrected chi connectivity index (χ0v) is 11.3. The van der Waals surface area contributed by atoms with Crippen LogP contribution in [0.2, 0.25) is 0 Å². The highest BCUT2D eigenvalue weighted by Crippen LogP contribution is 2.22. The topological polar surface area (TPSA) is 90.3 Å². The Morgan fingerprint density at radius 1 is 1.48 bits per heavy atom. The van der Waals surface area contributed by atoms with Gasteiger partial charge in [-0.05, 0) is 12.0 Å². The number of hydrogen-bond donors (Lipinski definition) is 2. The van der Waals surface area contributed by atoms with E-state index in [2.05, 4.69) is 0 Å². The Morgan fingerprint density at radius 2 is 2.19 bits per heavy atom. The van der Waals surface area contributed by atoms with E-state index >= 15 is 0 Å². The van der Waals surface area contributed by atoms with E-state index in [-0.39, 0.29) is 13.3 Å². The molecule has 0 aromatic heterocycles. The van der Waals surface area contributed by atoms with E-state index in [0.717, 1.165) is 16.6 Å². The molecule has 7 nitrogen and oxygen atoms in total. The van der Waals surface area contributed by atoms with E-state index in [1.54, 1.807) is 5.94 Å². The molecule has 0 bridgehead atoms. The van der Waals surface area contributed by atoms with Crippen LogP contribution in [0.5, 0.6) is 0 Å². The zero-order chi connectivity index (χ0) is 15.2. The Labute approximate surface area is 121 Å². The molecule has 1 aliphatic heterocycles. The third-order valence-electron chi connectivity index (χ3n) is 3.26. The Morgan fingerprint density at radius 3 is 2.81 bits per heavy atom. The Balaban J connectivity index is 2.16. The van der Waals surface area contributed by atoms with Gasteiger partial charge in [0.05, 0.1) is 12.6 Å². The van der Waals surface area contributed by atoms with Crippen molar-refractivity contribution in [1.82, 2.24) is 10.0 Å². The van der Waals surface area contributed by atoms with Gasteiger partial charge < -0.3 is 14.9 Å². The summed E-state index contributed by atoms with van der Waals surface area (Å²) in [5, 5.41) is 21.5. The van der Waals surface area contributed by atoms with Crippen molar-refractivity contribution >= 4 is 12.0 Å². The largest absolute Gasteiger partial charge is 0.464 e. The Bertz CT molecular complexity index is 529. The highest BCUT2D eigenvalue weighted by molar-refractivity contribution is 5.65. The molecule has 2 rings (SSSR count). The van der Waals surface area contributed by atoms with Crippen LogP contribution in [0.4, 0.5) is 4.79 Å². The van der Waals surface area contributed by atoms with Crippen LogP contribution in [-0.2, 0) is 16.0 Å². The molecule has 0 radical (unpaired) electrons. The smallest absolute Gasteiger partial charge is 0.422 e. The van der Waals surface area contributed by atoms with E-state index < -0.39 is 18.4 Å². The van der Waals surface area contributed by atoms with E-state index in [1.165, 1.54) is 5.01 Å². The minimum Gasteiger partial charge on any atom is -0.464 e. The highest BCUT2D eigenvalue weighted by Gasteiger charge is 2.39. The average molecular weight is 292 g/mol. The van der Waals surface area contributed by atoms with Crippen molar-refractivity contribution in [3.63, 3.8) is 0 Å². The quantitative estimate of drug-likeness (QED) is 0.768. The number of aliphatic hydroxyl groups excluding tert-OH is 1. The van der Waals surface area contributed by atoms with Gasteiger partial charge in [0.25, 0.3) is 0 Å². The summed E-state index contributed by atoms with van der Waals surface area (Å²) in [7, 11) is 0. The van der Waals surface area contributed by atoms with Crippen LogP contribution in [0.15, 0.2) is 36.4 Å². The molecule has 1 aromatic carbocycles. The number of benzene rings is 1. The Kier molecular flexibility index (Phi) is 5.08. The lowest BCUT2D eigenvalue weighted by Crippen LogP contribution is -2.51. The lowest BCUT2D eigenvalue weighted by Gasteiger charge is -2.31. The number of rotatable bonds is 5. The molecule has 2 atom stereocenters. The molecule has 2 N–H and O–H groups in total. The van der Waals surface area contributed by atoms with Gasteiger partial charge in [-0.3, -0.25) is 0 Å². The zero-order valence-electron chi connectivity index (χ0n) is 11.3. The van der Waals surface area contributed by atoms with Crippen molar-refractivity contribution in [2.75, 3.05) is 13.3 Å². The van der Waals surface area contributed by atoms with Gasteiger partial charge in [0.15, 0.2) is 6.29 Å². The molecule has 1 aliphatic rings. The van der Waals surface area contributed by atoms with Crippen molar-refractivity contribution in [3.8, 4) is 0 Å². The molecule has 0 aliphatic carbocycles. The van der Waals surface area contributed by atoms with Gasteiger partial charge in [-0.2, -0.15) is 5.01 Å². The molecular formula is C14H16N2O5. The predicted octanol–water partition coefficient (Wildman–Crippen LogP) is 0.489. The second-order valence-corrected chi connectivity index (χ2v) is 4.57. The maximum atomic E-state index is 11.3. The lowest BCUT2D eigenvalue weighted by molar-refractivity contribution is -0.0678. The number of ether oxygens (including phenoxy) is 1. The molecule has 1 amide bonds. The van der Waals surface area contributed by atoms with Crippen LogP contribution in [0, 0.1) is 0 Å². The number of nitrogens with zero attached hydrogens (tertiary/aromatic N) is 2. The molecule has 21 heavy (non-hydrogen) atoms. The number of hydrogen-bond acceptors (Lipinski definition) is 5. The van der Waals surface area contributed by atoms with Crippen molar-refractivity contribution in [1.29, 1.82) is 0 Å². The summed E-state index contributed by atoms with van der Waals surface area (Å²) in [6.45, 7) is -0.197. The molecule has 1 heterocycles. The van der Waals surface area contributed by atoms with Gasteiger partial charge in [-0.25, -0.2) is 14.6 Å². The molecule has 7 heteroatoms. The summed E-state index contributed by atoms with van der Waals surface area (Å²) in [6.07, 6.45) is -0.820. The fraction of sp³-hybridized carbons (Fsp3) is 0.357. The standard InChI is InChI=1S/C14H16N2O5/c17-8-4-7-15(14(19)20)16-10-21-13(18)12(16)9-11-5-2-1-3-6-11/h1-6,12-13,18H,7,9-10H2,(H,19,20). The van der Waals surface area contributed by atoms with Crippen LogP contribution >= 0.6 is 0 Å². The van der Waals surface area contributed by atoms with Crippen molar-refractivity contribution in [3.05, 3.63) is 42.0 Å². The van der Waals surface area contributed by atoms with Crippen LogP contribution in [-0.4, -0.2) is 57.9 Å². The fourth-order valence-corrected chi connectivity index (χ4v) is 2.23. The normalized spacial score (nSPS) is 21.8. The van der Waals surface area contributed by atoms with Crippen LogP contribution < -0.4 is 0 Å². The number of carboxylic acid groups (broad SMARTS) is 1. The first-order chi connectivity index (χ1) is 10.1. The van der Waals surface area contributed by atoms with E-state index in [4.69, 9.17) is 4.74 Å². The second kappa shape index (κ2) is 7.01. The first kappa shape index (κ1) is 15.2. The maximum Gasteiger partial charge on any atom is 0.422 e. The molecular weight excluding hydrogens is 276 g/mol. The SMILES string of the molecule is O=C=CCN(C(=O)O)N1COC(O)C1Cc1ccccc1. The number of carbonyl (C=O) groups excluding carboxylic acids is 1. The summed E-state index contributed by atoms with van der Waals surface area (Å²) in [5.41, 5.74) is 0.952. The summed E-state index contributed by atoms with van der Waals surface area (Å²) >= 11 is 0. The third-order valence-corrected chi connectivity index (χ3v) is 3.26. The number of hydrazine groups is 1. The predicted molar refractivity (Wildman–Crippen MR) is 72.7 cm³/mol. The maximum absolute atomic E-state index is 11.3. The summed E-state index contributed by atoms with van der Waals surface area (Å²) < 4.78 is 5.13. The number of amides is 1. The third kappa shape index (κ3) is 3.68. The highest BCUT2D eigenvalue weighted by atomic mass is 16.6. The molecule has 1 fully saturated rings. The molecule has 2 unspecified atom stereocenters. The van der Waals surface area contributed by atoms with Gasteiger partial charge in [0.2, 0.25) is 0 Å². The molecule has 112 valence electrons. The second-order valence-electron chi connectivity index (χ2n) is 4.57. The minimum absolute atomic E-state index is 0.0579. The fourth-order valence-electron chi connectivity index (χ4n) is 2.23. The number of aliphatic hydroxyl groups is 1. The van der Waals surface area contributed by atoms with Crippen molar-refractivity contribution < 1.29 is 24.5 Å². The molecule has 1 saturated heterocycles. The lowest BCUT2D eigenvalue weighted by atomic mass is 10.1. The van der Waals surface area contributed by atoms with Crippen molar-refractivity contribution in [2.24, 2.45) is 0 Å². The van der Waals surface area contributed by atoms with Crippen LogP contribution in [0.25, 0.3) is 0 Å². The van der Waals surface area contributed by atoms with E-state index in [0.29, 0.717) is 6.42 Å². The average Bonchev–Trinajstić information content (AvgIpc) is 2.82. The minimum atomic E-state index is -1.22. The van der Waals surface area contributed by atoms with Gasteiger partial charge in [0, 0.05) is 6.08 Å². The van der Waals surface area contributed by atoms with Gasteiger partial charge in [-0.15, -0.1) is 0 Å². The van der Waals surface area contributed by atoms with Crippen LogP contribution in [0.3, 0.4) is 0 Å². The molecule has 0 spiro atoms. The van der Waals surface area contributed by atoms with Crippen molar-refractivity contribution in [2.45, 2.75) is 18.8 Å². The summed E-state index contributed by atoms with van der Waals surface area (Å²) in [6, 6.07) is 8.85. The first-order valence-corrected chi connectivity index (χ1v) is 6.43. The molecule has 0 saturated carbocycles. The summed E-state index contributed by atoms with van der Waals surface area (Å²) in [4.78, 5) is 21.6. The first-order valence-electron chi connectivity index (χ1n) is 6.43. The monoisotopic (exact) mass is 292 g/mol. The number of carbonyl (C=O) groups is 1. The summed E-state index contributed by atoms with van der Waals surface area (Å²) in [5.74, 6) is 1.54. The van der Waals surface area contributed by atoms with Gasteiger partial charge >= 0.3 is 6.09 Å².